The first-order chi connectivity index (χ1) is 13.9. The molecule has 152 valence electrons. The van der Waals surface area contributed by atoms with E-state index in [1.165, 1.54) is 38.6 Å². The minimum atomic E-state index is -0.799. The SMILES string of the molecule is CNC(=O)c1cnc(NC(=O)C2CCC2)cc1NC(=O)c1c(F)cccc1OC. The summed E-state index contributed by atoms with van der Waals surface area (Å²) in [6, 6.07) is 5.37. The van der Waals surface area contributed by atoms with Crippen LogP contribution in [0.1, 0.15) is 40.0 Å². The van der Waals surface area contributed by atoms with Crippen LogP contribution in [0.15, 0.2) is 30.5 Å². The van der Waals surface area contributed by atoms with Crippen molar-refractivity contribution in [2.45, 2.75) is 19.3 Å². The van der Waals surface area contributed by atoms with E-state index < -0.39 is 17.6 Å². The highest BCUT2D eigenvalue weighted by atomic mass is 19.1. The maximum atomic E-state index is 14.2. The number of aromatic nitrogens is 1. The van der Waals surface area contributed by atoms with Crippen LogP contribution >= 0.6 is 0 Å². The van der Waals surface area contributed by atoms with Crippen molar-refractivity contribution in [3.63, 3.8) is 0 Å². The van der Waals surface area contributed by atoms with E-state index in [2.05, 4.69) is 20.9 Å². The van der Waals surface area contributed by atoms with Gasteiger partial charge in [-0.05, 0) is 25.0 Å². The fourth-order valence-corrected chi connectivity index (χ4v) is 2.92. The summed E-state index contributed by atoms with van der Waals surface area (Å²) in [5.41, 5.74) is -0.147. The molecule has 3 rings (SSSR count). The highest BCUT2D eigenvalue weighted by Crippen LogP contribution is 2.28. The Bertz CT molecular complexity index is 959. The molecule has 1 aromatic heterocycles. The number of nitrogens with zero attached hydrogens (tertiary/aromatic N) is 1. The average Bonchev–Trinajstić information content (AvgIpc) is 2.65. The van der Waals surface area contributed by atoms with E-state index >= 15 is 0 Å². The molecule has 1 saturated carbocycles. The van der Waals surface area contributed by atoms with Gasteiger partial charge in [0.2, 0.25) is 5.91 Å². The Hall–Kier alpha value is -3.49. The largest absolute Gasteiger partial charge is 0.496 e. The van der Waals surface area contributed by atoms with Crippen molar-refractivity contribution >= 4 is 29.2 Å². The second kappa shape index (κ2) is 8.68. The molecule has 0 spiro atoms. The molecule has 9 heteroatoms. The molecular weight excluding hydrogens is 379 g/mol. The number of amides is 3. The summed E-state index contributed by atoms with van der Waals surface area (Å²) in [4.78, 5) is 41.1. The number of rotatable bonds is 6. The van der Waals surface area contributed by atoms with Gasteiger partial charge in [0.25, 0.3) is 11.8 Å². The van der Waals surface area contributed by atoms with Crippen molar-refractivity contribution < 1.29 is 23.5 Å². The van der Waals surface area contributed by atoms with Gasteiger partial charge < -0.3 is 20.7 Å². The Balaban J connectivity index is 1.91. The maximum absolute atomic E-state index is 14.2. The second-order valence-electron chi connectivity index (χ2n) is 6.58. The summed E-state index contributed by atoms with van der Waals surface area (Å²) in [7, 11) is 2.75. The molecule has 1 aliphatic carbocycles. The van der Waals surface area contributed by atoms with Crippen LogP contribution in [0.3, 0.4) is 0 Å². The van der Waals surface area contributed by atoms with Crippen molar-refractivity contribution in [2.24, 2.45) is 5.92 Å². The van der Waals surface area contributed by atoms with Gasteiger partial charge in [-0.1, -0.05) is 12.5 Å². The predicted molar refractivity (Wildman–Crippen MR) is 105 cm³/mol. The number of benzene rings is 1. The molecule has 2 aromatic rings. The molecule has 0 bridgehead atoms. The third kappa shape index (κ3) is 4.34. The van der Waals surface area contributed by atoms with Gasteiger partial charge in [-0.2, -0.15) is 0 Å². The van der Waals surface area contributed by atoms with Gasteiger partial charge in [-0.15, -0.1) is 0 Å². The van der Waals surface area contributed by atoms with Gasteiger partial charge in [0.1, 0.15) is 22.9 Å². The van der Waals surface area contributed by atoms with Crippen LogP contribution in [-0.2, 0) is 4.79 Å². The summed E-state index contributed by atoms with van der Waals surface area (Å²) in [6.07, 6.45) is 3.88. The van der Waals surface area contributed by atoms with Crippen LogP contribution in [-0.4, -0.2) is 36.9 Å². The van der Waals surface area contributed by atoms with Crippen molar-refractivity contribution in [1.82, 2.24) is 10.3 Å². The summed E-state index contributed by atoms with van der Waals surface area (Å²) >= 11 is 0. The Morgan fingerprint density at radius 3 is 2.55 bits per heavy atom. The van der Waals surface area contributed by atoms with Crippen molar-refractivity contribution in [3.8, 4) is 5.75 Å². The van der Waals surface area contributed by atoms with Gasteiger partial charge in [0, 0.05) is 25.2 Å². The van der Waals surface area contributed by atoms with Gasteiger partial charge in [-0.3, -0.25) is 14.4 Å². The Morgan fingerprint density at radius 1 is 1.17 bits per heavy atom. The molecule has 0 unspecified atom stereocenters. The lowest BCUT2D eigenvalue weighted by Crippen LogP contribution is -2.28. The normalized spacial score (nSPS) is 13.2. The molecule has 1 fully saturated rings. The van der Waals surface area contributed by atoms with E-state index in [1.807, 2.05) is 0 Å². The predicted octanol–water partition coefficient (Wildman–Crippen LogP) is 2.58. The monoisotopic (exact) mass is 400 g/mol. The molecule has 0 radical (unpaired) electrons. The van der Waals surface area contributed by atoms with Crippen LogP contribution in [0.2, 0.25) is 0 Å². The third-order valence-electron chi connectivity index (χ3n) is 4.77. The molecule has 1 aromatic carbocycles. The maximum Gasteiger partial charge on any atom is 0.262 e. The van der Waals surface area contributed by atoms with Gasteiger partial charge in [0.05, 0.1) is 18.4 Å². The Kier molecular flexibility index (Phi) is 6.06. The highest BCUT2D eigenvalue weighted by Gasteiger charge is 2.26. The lowest BCUT2D eigenvalue weighted by atomic mass is 9.85. The Morgan fingerprint density at radius 2 is 1.93 bits per heavy atom. The number of pyridine rings is 1. The molecular formula is C20H21FN4O4. The van der Waals surface area contributed by atoms with E-state index in [1.54, 1.807) is 0 Å². The number of anilines is 2. The van der Waals surface area contributed by atoms with Gasteiger partial charge >= 0.3 is 0 Å². The molecule has 0 atom stereocenters. The summed E-state index contributed by atoms with van der Waals surface area (Å²) in [5, 5.41) is 7.65. The van der Waals surface area contributed by atoms with Crippen molar-refractivity contribution in [2.75, 3.05) is 24.8 Å². The number of ether oxygens (including phenoxy) is 1. The zero-order valence-electron chi connectivity index (χ0n) is 16.0. The van der Waals surface area contributed by atoms with Crippen LogP contribution in [0.4, 0.5) is 15.9 Å². The van der Waals surface area contributed by atoms with E-state index in [4.69, 9.17) is 4.74 Å². The minimum absolute atomic E-state index is 0.0524. The van der Waals surface area contributed by atoms with Gasteiger partial charge in [-0.25, -0.2) is 9.37 Å². The number of nitrogens with one attached hydrogen (secondary N) is 3. The molecule has 8 nitrogen and oxygen atoms in total. The number of methoxy groups -OCH3 is 1. The van der Waals surface area contributed by atoms with Crippen LogP contribution in [0.25, 0.3) is 0 Å². The smallest absolute Gasteiger partial charge is 0.262 e. The highest BCUT2D eigenvalue weighted by molar-refractivity contribution is 6.10. The quantitative estimate of drug-likeness (QED) is 0.691. The fourth-order valence-electron chi connectivity index (χ4n) is 2.92. The number of hydrogen-bond donors (Lipinski definition) is 3. The van der Waals surface area contributed by atoms with Crippen LogP contribution in [0, 0.1) is 11.7 Å². The van der Waals surface area contributed by atoms with Crippen molar-refractivity contribution in [1.29, 1.82) is 0 Å². The molecule has 1 aliphatic rings. The molecule has 0 saturated heterocycles. The minimum Gasteiger partial charge on any atom is -0.496 e. The first-order valence-corrected chi connectivity index (χ1v) is 9.11. The first kappa shape index (κ1) is 20.2. The summed E-state index contributed by atoms with van der Waals surface area (Å²) < 4.78 is 19.3. The first-order valence-electron chi connectivity index (χ1n) is 9.11. The van der Waals surface area contributed by atoms with E-state index in [0.717, 1.165) is 25.3 Å². The molecule has 1 heterocycles. The van der Waals surface area contributed by atoms with Gasteiger partial charge in [0.15, 0.2) is 0 Å². The zero-order chi connectivity index (χ0) is 21.0. The lowest BCUT2D eigenvalue weighted by Gasteiger charge is -2.24. The molecule has 0 aliphatic heterocycles. The van der Waals surface area contributed by atoms with Crippen molar-refractivity contribution in [3.05, 3.63) is 47.4 Å². The van der Waals surface area contributed by atoms with E-state index in [-0.39, 0.29) is 40.2 Å². The van der Waals surface area contributed by atoms with Crippen LogP contribution < -0.4 is 20.7 Å². The average molecular weight is 400 g/mol. The molecule has 3 amide bonds. The molecule has 29 heavy (non-hydrogen) atoms. The Labute approximate surface area is 166 Å². The number of carbonyl (C=O) groups excluding carboxylic acids is 3. The lowest BCUT2D eigenvalue weighted by molar-refractivity contribution is -0.122. The summed E-state index contributed by atoms with van der Waals surface area (Å²) in [5.74, 6) is -2.05. The summed E-state index contributed by atoms with van der Waals surface area (Å²) in [6.45, 7) is 0. The van der Waals surface area contributed by atoms with E-state index in [9.17, 15) is 18.8 Å². The second-order valence-corrected chi connectivity index (χ2v) is 6.58. The zero-order valence-corrected chi connectivity index (χ0v) is 16.0. The number of carbonyl (C=O) groups is 3. The number of halogens is 1. The third-order valence-corrected chi connectivity index (χ3v) is 4.77. The fraction of sp³-hybridized carbons (Fsp3) is 0.300. The number of hydrogen-bond acceptors (Lipinski definition) is 5. The van der Waals surface area contributed by atoms with E-state index in [0.29, 0.717) is 0 Å². The van der Waals surface area contributed by atoms with Crippen LogP contribution in [0.5, 0.6) is 5.75 Å². The topological polar surface area (TPSA) is 109 Å². The standard InChI is InChI=1S/C20H21FN4O4/c1-22-19(27)12-10-23-16(25-18(26)11-5-3-6-11)9-14(12)24-20(28)17-13(21)7-4-8-15(17)29-2/h4,7-11H,3,5-6H2,1-2H3,(H,22,27)(H2,23,24,25,26,28). The molecule has 3 N–H and O–H groups in total.